The summed E-state index contributed by atoms with van der Waals surface area (Å²) in [6, 6.07) is 10.0. The molecule has 1 aliphatic rings. The van der Waals surface area contributed by atoms with Crippen molar-refractivity contribution in [3.63, 3.8) is 0 Å². The largest absolute Gasteiger partial charge is 0.312 e. The minimum Gasteiger partial charge on any atom is -0.312 e. The molecule has 1 atom stereocenters. The number of aromatic nitrogens is 6. The molecule has 0 amide bonds. The number of rotatable bonds is 11. The van der Waals surface area contributed by atoms with Gasteiger partial charge in [-0.25, -0.2) is 18.4 Å². The molecule has 0 spiro atoms. The molecule has 4 aromatic rings. The van der Waals surface area contributed by atoms with Gasteiger partial charge in [-0.1, -0.05) is 31.2 Å². The Morgan fingerprint density at radius 3 is 2.85 bits per heavy atom. The van der Waals surface area contributed by atoms with Gasteiger partial charge in [-0.3, -0.25) is 14.4 Å². The van der Waals surface area contributed by atoms with Crippen LogP contribution in [0.4, 0.5) is 11.8 Å². The summed E-state index contributed by atoms with van der Waals surface area (Å²) >= 11 is 0. The topological polar surface area (TPSA) is 144 Å². The molecule has 1 unspecified atom stereocenters. The van der Waals surface area contributed by atoms with Crippen LogP contribution in [-0.4, -0.2) is 68.9 Å². The summed E-state index contributed by atoms with van der Waals surface area (Å²) in [7, 11) is 0.613. The number of hydrogen-bond donors (Lipinski definition) is 2. The zero-order valence-electron chi connectivity index (χ0n) is 22.9. The first kappa shape index (κ1) is 27.4. The van der Waals surface area contributed by atoms with Crippen LogP contribution in [0.2, 0.25) is 0 Å². The van der Waals surface area contributed by atoms with Crippen molar-refractivity contribution < 1.29 is 8.42 Å². The first-order valence-electron chi connectivity index (χ1n) is 13.2. The molecule has 208 valence electrons. The second kappa shape index (κ2) is 11.5. The Morgan fingerprint density at radius 1 is 1.23 bits per heavy atom. The van der Waals surface area contributed by atoms with Crippen LogP contribution in [0.3, 0.4) is 0 Å². The quantitative estimate of drug-likeness (QED) is 0.268. The van der Waals surface area contributed by atoms with Crippen LogP contribution in [0.25, 0.3) is 11.3 Å². The van der Waals surface area contributed by atoms with Gasteiger partial charge in [-0.2, -0.15) is 10.2 Å². The summed E-state index contributed by atoms with van der Waals surface area (Å²) in [5.41, 5.74) is 7.19. The van der Waals surface area contributed by atoms with Crippen LogP contribution >= 0.6 is 0 Å². The first-order valence-corrected chi connectivity index (χ1v) is 15.1. The molecule has 12 heteroatoms. The van der Waals surface area contributed by atoms with Gasteiger partial charge in [0.1, 0.15) is 0 Å². The molecular weight excluding hydrogens is 526 g/mol. The van der Waals surface area contributed by atoms with E-state index in [0.29, 0.717) is 18.2 Å². The molecule has 0 aliphatic heterocycles. The fourth-order valence-electron chi connectivity index (χ4n) is 4.92. The van der Waals surface area contributed by atoms with Crippen LogP contribution in [0.5, 0.6) is 0 Å². The zero-order chi connectivity index (χ0) is 28.3. The maximum absolute atomic E-state index is 11.8. The number of anilines is 2. The van der Waals surface area contributed by atoms with E-state index < -0.39 is 9.84 Å². The maximum atomic E-state index is 11.8. The average molecular weight is 560 g/mol. The third kappa shape index (κ3) is 5.86. The van der Waals surface area contributed by atoms with Gasteiger partial charge in [0.2, 0.25) is 5.95 Å². The van der Waals surface area contributed by atoms with Crippen molar-refractivity contribution >= 4 is 34.0 Å². The van der Waals surface area contributed by atoms with E-state index in [1.807, 2.05) is 30.1 Å². The predicted molar refractivity (Wildman–Crippen MR) is 157 cm³/mol. The Balaban J connectivity index is 1.41. The van der Waals surface area contributed by atoms with Gasteiger partial charge in [0, 0.05) is 62.7 Å². The van der Waals surface area contributed by atoms with Crippen LogP contribution in [-0.2, 0) is 42.7 Å². The summed E-state index contributed by atoms with van der Waals surface area (Å²) in [6.07, 6.45) is 9.07. The monoisotopic (exact) mass is 559 g/mol. The zero-order valence-corrected chi connectivity index (χ0v) is 23.7. The molecule has 3 aromatic heterocycles. The van der Waals surface area contributed by atoms with Crippen molar-refractivity contribution in [1.29, 1.82) is 5.41 Å². The van der Waals surface area contributed by atoms with Gasteiger partial charge in [0.15, 0.2) is 15.7 Å². The first-order chi connectivity index (χ1) is 19.3. The summed E-state index contributed by atoms with van der Waals surface area (Å²) in [5.74, 6) is 0.965. The smallest absolute Gasteiger partial charge is 0.228 e. The lowest BCUT2D eigenvalue weighted by Gasteiger charge is -2.17. The Labute approximate surface area is 233 Å². The van der Waals surface area contributed by atoms with Crippen LogP contribution in [0.1, 0.15) is 40.9 Å². The van der Waals surface area contributed by atoms with Gasteiger partial charge in [-0.15, -0.1) is 0 Å². The molecule has 1 aliphatic carbocycles. The number of nitrogens with one attached hydrogen (secondary N) is 2. The normalized spacial score (nSPS) is 13.7. The van der Waals surface area contributed by atoms with Gasteiger partial charge in [0.05, 0.1) is 35.3 Å². The summed E-state index contributed by atoms with van der Waals surface area (Å²) in [6.45, 7) is 1.93. The molecule has 3 heterocycles. The number of fused-ring (bicyclic) bond motifs is 3. The lowest BCUT2D eigenvalue weighted by atomic mass is 9.91. The highest BCUT2D eigenvalue weighted by Gasteiger charge is 2.26. The number of aryl methyl sites for hydroxylation is 4. The van der Waals surface area contributed by atoms with Gasteiger partial charge < -0.3 is 10.7 Å². The van der Waals surface area contributed by atoms with Crippen molar-refractivity contribution in [2.75, 3.05) is 23.9 Å². The van der Waals surface area contributed by atoms with Crippen LogP contribution in [0, 0.1) is 5.41 Å². The number of hydrogen-bond acceptors (Lipinski definition) is 9. The highest BCUT2D eigenvalue weighted by atomic mass is 32.2. The van der Waals surface area contributed by atoms with Crippen LogP contribution < -0.4 is 5.32 Å². The van der Waals surface area contributed by atoms with E-state index in [2.05, 4.69) is 32.5 Å². The van der Waals surface area contributed by atoms with E-state index in [4.69, 9.17) is 15.5 Å². The molecule has 0 fully saturated rings. The lowest BCUT2D eigenvalue weighted by Crippen LogP contribution is -2.15. The highest BCUT2D eigenvalue weighted by Crippen LogP contribution is 2.36. The molecule has 0 bridgehead atoms. The Kier molecular flexibility index (Phi) is 7.88. The summed E-state index contributed by atoms with van der Waals surface area (Å²) < 4.78 is 27.2. The lowest BCUT2D eigenvalue weighted by molar-refractivity contribution is 0.582. The number of benzene rings is 1. The number of nitrogens with zero attached hydrogens (tertiary/aromatic N) is 7. The fourth-order valence-corrected chi connectivity index (χ4v) is 5.68. The average Bonchev–Trinajstić information content (AvgIpc) is 3.54. The Bertz CT molecular complexity index is 1670. The molecule has 5 rings (SSSR count). The number of sulfone groups is 1. The van der Waals surface area contributed by atoms with E-state index >= 15 is 0 Å². The molecule has 0 radical (unpaired) electrons. The Hall–Kier alpha value is -4.19. The number of aliphatic imine (C=N–C) groups is 1. The van der Waals surface area contributed by atoms with E-state index in [1.54, 1.807) is 37.1 Å². The maximum Gasteiger partial charge on any atom is 0.228 e. The molecule has 40 heavy (non-hydrogen) atoms. The van der Waals surface area contributed by atoms with E-state index in [9.17, 15) is 8.42 Å². The van der Waals surface area contributed by atoms with E-state index in [0.717, 1.165) is 52.2 Å². The fraction of sp³-hybridized carbons (Fsp3) is 0.357. The minimum absolute atomic E-state index is 0.0453. The predicted octanol–water partition coefficient (Wildman–Crippen LogP) is 3.38. The summed E-state index contributed by atoms with van der Waals surface area (Å²) in [5, 5.41) is 20.2. The molecule has 0 saturated heterocycles. The van der Waals surface area contributed by atoms with Crippen molar-refractivity contribution in [3.8, 4) is 11.3 Å². The SMILES string of the molecule is CCS(=O)(=O)CCn1ccc(Nc2ncc3c(n2)-c2c(nn(C)c2Cc2cccc(C(C=N)C=NC)c2)CC3)n1. The summed E-state index contributed by atoms with van der Waals surface area (Å²) in [4.78, 5) is 13.5. The van der Waals surface area contributed by atoms with E-state index in [-0.39, 0.29) is 24.0 Å². The van der Waals surface area contributed by atoms with Crippen molar-refractivity contribution in [3.05, 3.63) is 70.8 Å². The molecule has 0 saturated carbocycles. The van der Waals surface area contributed by atoms with Gasteiger partial charge >= 0.3 is 0 Å². The standard InChI is InChI=1S/C28H33N9O2S/c1-4-40(38,39)13-12-37-11-10-25(35-37)32-28-31-18-21-8-9-23-26(27(21)33-28)24(36(3)34-23)15-19-6-5-7-20(14-19)22(16-29)17-30-2/h5-7,10-11,14,16-18,22,29H,4,8-9,12-13,15H2,1-3H3,(H,31,32,33,35). The molecular formula is C28H33N9O2S. The van der Waals surface area contributed by atoms with Crippen LogP contribution in [0.15, 0.2) is 47.7 Å². The second-order valence-electron chi connectivity index (χ2n) is 9.81. The third-order valence-corrected chi connectivity index (χ3v) is 8.80. The van der Waals surface area contributed by atoms with Crippen molar-refractivity contribution in [2.24, 2.45) is 12.0 Å². The van der Waals surface area contributed by atoms with Crippen molar-refractivity contribution in [2.45, 2.75) is 38.6 Å². The highest BCUT2D eigenvalue weighted by molar-refractivity contribution is 7.91. The molecule has 2 N–H and O–H groups in total. The Morgan fingerprint density at radius 2 is 2.08 bits per heavy atom. The van der Waals surface area contributed by atoms with Gasteiger partial charge in [0.25, 0.3) is 0 Å². The van der Waals surface area contributed by atoms with Crippen molar-refractivity contribution in [1.82, 2.24) is 29.5 Å². The third-order valence-electron chi connectivity index (χ3n) is 7.12. The van der Waals surface area contributed by atoms with Gasteiger partial charge in [-0.05, 0) is 29.5 Å². The van der Waals surface area contributed by atoms with E-state index in [1.165, 1.54) is 6.21 Å². The second-order valence-corrected chi connectivity index (χ2v) is 12.3. The molecule has 11 nitrogen and oxygen atoms in total. The minimum atomic E-state index is -3.07. The molecule has 1 aromatic carbocycles.